The maximum absolute atomic E-state index is 13.2. The third-order valence-corrected chi connectivity index (χ3v) is 3.80. The molecular formula is C16H13ClFNO4. The predicted octanol–water partition coefficient (Wildman–Crippen LogP) is 3.78. The molecule has 0 aromatic heterocycles. The molecule has 1 heterocycles. The van der Waals surface area contributed by atoms with Gasteiger partial charge in [-0.2, -0.15) is 0 Å². The van der Waals surface area contributed by atoms with E-state index in [1.807, 2.05) is 0 Å². The van der Waals surface area contributed by atoms with Gasteiger partial charge in [-0.25, -0.2) is 9.18 Å². The number of hydrogen-bond donors (Lipinski definition) is 1. The van der Waals surface area contributed by atoms with Gasteiger partial charge in [-0.05, 0) is 30.3 Å². The van der Waals surface area contributed by atoms with Gasteiger partial charge in [0.15, 0.2) is 11.5 Å². The summed E-state index contributed by atoms with van der Waals surface area (Å²) in [7, 11) is 2.94. The Balaban J connectivity index is 1.97. The number of carbonyl (C=O) groups excluding carboxylic acids is 1. The zero-order valence-corrected chi connectivity index (χ0v) is 13.1. The molecule has 0 bridgehead atoms. The van der Waals surface area contributed by atoms with E-state index in [-0.39, 0.29) is 5.02 Å². The number of benzene rings is 2. The fraction of sp³-hybridized carbons (Fsp3) is 0.188. The van der Waals surface area contributed by atoms with Crippen LogP contribution in [0.3, 0.4) is 0 Å². The van der Waals surface area contributed by atoms with Crippen LogP contribution in [0.4, 0.5) is 10.1 Å². The summed E-state index contributed by atoms with van der Waals surface area (Å²) < 4.78 is 29.0. The minimum absolute atomic E-state index is 0.0214. The van der Waals surface area contributed by atoms with E-state index >= 15 is 0 Å². The smallest absolute Gasteiger partial charge is 0.344 e. The van der Waals surface area contributed by atoms with Crippen LogP contribution in [0.5, 0.6) is 11.5 Å². The quantitative estimate of drug-likeness (QED) is 0.860. The van der Waals surface area contributed by atoms with Gasteiger partial charge in [0.25, 0.3) is 0 Å². The maximum atomic E-state index is 13.2. The summed E-state index contributed by atoms with van der Waals surface area (Å²) in [6.45, 7) is 0. The highest BCUT2D eigenvalue weighted by molar-refractivity contribution is 6.31. The van der Waals surface area contributed by atoms with Crippen LogP contribution in [0.2, 0.25) is 5.02 Å². The number of esters is 1. The van der Waals surface area contributed by atoms with Gasteiger partial charge in [-0.3, -0.25) is 0 Å². The molecule has 1 aliphatic heterocycles. The first-order chi connectivity index (χ1) is 11.0. The first kappa shape index (κ1) is 15.4. The molecule has 1 aliphatic rings. The van der Waals surface area contributed by atoms with Crippen LogP contribution in [-0.4, -0.2) is 20.2 Å². The number of fused-ring (bicyclic) bond motifs is 1. The second-order valence-electron chi connectivity index (χ2n) is 4.82. The number of anilines is 1. The molecule has 1 N–H and O–H groups in total. The van der Waals surface area contributed by atoms with Crippen LogP contribution in [0.1, 0.15) is 22.1 Å². The average Bonchev–Trinajstić information content (AvgIpc) is 2.86. The van der Waals surface area contributed by atoms with Gasteiger partial charge in [-0.1, -0.05) is 11.6 Å². The molecule has 3 rings (SSSR count). The molecule has 23 heavy (non-hydrogen) atoms. The molecule has 5 nitrogen and oxygen atoms in total. The van der Waals surface area contributed by atoms with Crippen molar-refractivity contribution in [3.63, 3.8) is 0 Å². The number of ether oxygens (including phenoxy) is 3. The van der Waals surface area contributed by atoms with Crippen molar-refractivity contribution in [2.24, 2.45) is 0 Å². The van der Waals surface area contributed by atoms with E-state index < -0.39 is 18.0 Å². The zero-order valence-electron chi connectivity index (χ0n) is 12.4. The van der Waals surface area contributed by atoms with Gasteiger partial charge in [-0.15, -0.1) is 0 Å². The van der Waals surface area contributed by atoms with E-state index in [1.54, 1.807) is 12.1 Å². The summed E-state index contributed by atoms with van der Waals surface area (Å²) in [6, 6.07) is 7.56. The minimum atomic E-state index is -0.723. The van der Waals surface area contributed by atoms with E-state index in [1.165, 1.54) is 32.4 Å². The van der Waals surface area contributed by atoms with E-state index in [0.29, 0.717) is 28.3 Å². The lowest BCUT2D eigenvalue weighted by Gasteiger charge is -2.15. The number of hydrogen-bond acceptors (Lipinski definition) is 5. The molecule has 0 saturated carbocycles. The molecule has 0 spiro atoms. The molecule has 0 saturated heterocycles. The van der Waals surface area contributed by atoms with Crippen LogP contribution in [0.25, 0.3) is 0 Å². The molecule has 1 atom stereocenters. The Labute approximate surface area is 136 Å². The lowest BCUT2D eigenvalue weighted by Crippen LogP contribution is -2.10. The second-order valence-corrected chi connectivity index (χ2v) is 5.23. The second kappa shape index (κ2) is 5.96. The van der Waals surface area contributed by atoms with Crippen molar-refractivity contribution < 1.29 is 23.4 Å². The number of nitrogens with one attached hydrogen (secondary N) is 1. The number of halogens is 2. The van der Waals surface area contributed by atoms with Crippen molar-refractivity contribution in [2.45, 2.75) is 6.23 Å². The van der Waals surface area contributed by atoms with Crippen molar-refractivity contribution in [3.05, 3.63) is 52.3 Å². The van der Waals surface area contributed by atoms with Crippen molar-refractivity contribution in [1.82, 2.24) is 0 Å². The van der Waals surface area contributed by atoms with E-state index in [0.717, 1.165) is 0 Å². The first-order valence-electron chi connectivity index (χ1n) is 6.72. The average molecular weight is 338 g/mol. The van der Waals surface area contributed by atoms with Gasteiger partial charge < -0.3 is 19.5 Å². The van der Waals surface area contributed by atoms with Crippen molar-refractivity contribution in [2.75, 3.05) is 19.5 Å². The molecule has 0 unspecified atom stereocenters. The SMILES string of the molecule is COc1ccc2c(c1OC)C(=O)O[C@@H]2Nc1ccc(F)c(Cl)c1. The molecule has 2 aromatic rings. The Hall–Kier alpha value is -2.47. The molecule has 0 aliphatic carbocycles. The van der Waals surface area contributed by atoms with E-state index in [9.17, 15) is 9.18 Å². The summed E-state index contributed by atoms with van der Waals surface area (Å²) in [5.41, 5.74) is 1.43. The van der Waals surface area contributed by atoms with Crippen molar-refractivity contribution in [3.8, 4) is 11.5 Å². The topological polar surface area (TPSA) is 56.8 Å². The van der Waals surface area contributed by atoms with Gasteiger partial charge >= 0.3 is 5.97 Å². The van der Waals surface area contributed by atoms with Crippen LogP contribution >= 0.6 is 11.6 Å². The zero-order chi connectivity index (χ0) is 16.6. The molecule has 7 heteroatoms. The summed E-state index contributed by atoms with van der Waals surface area (Å²) in [6.07, 6.45) is -0.723. The summed E-state index contributed by atoms with van der Waals surface area (Å²) in [5.74, 6) is -0.293. The molecule has 0 amide bonds. The Morgan fingerprint density at radius 2 is 2.00 bits per heavy atom. The van der Waals surface area contributed by atoms with E-state index in [4.69, 9.17) is 25.8 Å². The number of methoxy groups -OCH3 is 2. The fourth-order valence-electron chi connectivity index (χ4n) is 2.45. The third-order valence-electron chi connectivity index (χ3n) is 3.51. The number of rotatable bonds is 4. The maximum Gasteiger partial charge on any atom is 0.344 e. The Morgan fingerprint density at radius 3 is 2.65 bits per heavy atom. The highest BCUT2D eigenvalue weighted by Crippen LogP contribution is 2.42. The van der Waals surface area contributed by atoms with Crippen molar-refractivity contribution >= 4 is 23.3 Å². The molecular weight excluding hydrogens is 325 g/mol. The lowest BCUT2D eigenvalue weighted by molar-refractivity contribution is 0.0435. The van der Waals surface area contributed by atoms with Crippen molar-refractivity contribution in [1.29, 1.82) is 0 Å². The number of carbonyl (C=O) groups is 1. The minimum Gasteiger partial charge on any atom is -0.493 e. The summed E-state index contributed by atoms with van der Waals surface area (Å²) in [5, 5.41) is 2.97. The Bertz CT molecular complexity index is 781. The Morgan fingerprint density at radius 1 is 1.22 bits per heavy atom. The van der Waals surface area contributed by atoms with Crippen LogP contribution in [0.15, 0.2) is 30.3 Å². The van der Waals surface area contributed by atoms with Gasteiger partial charge in [0.1, 0.15) is 11.4 Å². The highest BCUT2D eigenvalue weighted by atomic mass is 35.5. The lowest BCUT2D eigenvalue weighted by atomic mass is 10.1. The normalized spacial score (nSPS) is 15.8. The first-order valence-corrected chi connectivity index (χ1v) is 7.10. The predicted molar refractivity (Wildman–Crippen MR) is 82.7 cm³/mol. The fourth-order valence-corrected chi connectivity index (χ4v) is 2.63. The van der Waals surface area contributed by atoms with E-state index in [2.05, 4.69) is 5.32 Å². The largest absolute Gasteiger partial charge is 0.493 e. The molecule has 0 radical (unpaired) electrons. The monoisotopic (exact) mass is 337 g/mol. The summed E-state index contributed by atoms with van der Waals surface area (Å²) in [4.78, 5) is 12.2. The van der Waals surface area contributed by atoms with Crippen LogP contribution in [-0.2, 0) is 4.74 Å². The summed E-state index contributed by atoms with van der Waals surface area (Å²) >= 11 is 5.76. The van der Waals surface area contributed by atoms with Gasteiger partial charge in [0, 0.05) is 11.3 Å². The standard InChI is InChI=1S/C16H13ClFNO4/c1-21-12-6-4-9-13(14(12)22-2)16(20)23-15(9)19-8-3-5-11(18)10(17)7-8/h3-7,15,19H,1-2H3/t15-/m0/s1. The molecule has 0 fully saturated rings. The highest BCUT2D eigenvalue weighted by Gasteiger charge is 2.35. The number of cyclic esters (lactones) is 1. The van der Waals surface area contributed by atoms with Crippen LogP contribution in [0, 0.1) is 5.82 Å². The third kappa shape index (κ3) is 2.66. The molecule has 2 aromatic carbocycles. The van der Waals surface area contributed by atoms with Crippen LogP contribution < -0.4 is 14.8 Å². The van der Waals surface area contributed by atoms with Gasteiger partial charge in [0.2, 0.25) is 6.23 Å². The molecule has 120 valence electrons. The van der Waals surface area contributed by atoms with Gasteiger partial charge in [0.05, 0.1) is 19.2 Å². The Kier molecular flexibility index (Phi) is 4.00.